The topological polar surface area (TPSA) is 112 Å². The van der Waals surface area contributed by atoms with E-state index in [9.17, 15) is 20.0 Å². The maximum atomic E-state index is 11.8. The highest BCUT2D eigenvalue weighted by atomic mass is 16.6. The van der Waals surface area contributed by atoms with Gasteiger partial charge in [0.05, 0.1) is 41.3 Å². The predicted octanol–water partition coefficient (Wildman–Crippen LogP) is 3.53. The molecule has 0 unspecified atom stereocenters. The Morgan fingerprint density at radius 1 is 1.15 bits per heavy atom. The molecule has 0 fully saturated rings. The van der Waals surface area contributed by atoms with E-state index in [4.69, 9.17) is 9.47 Å². The fourth-order valence-corrected chi connectivity index (χ4v) is 2.68. The molecule has 2 aromatic carbocycles. The number of aromatic nitrogens is 1. The minimum absolute atomic E-state index is 0.0176. The highest BCUT2D eigenvalue weighted by molar-refractivity contribution is 6.06. The van der Waals surface area contributed by atoms with Gasteiger partial charge in [0.1, 0.15) is 11.5 Å². The summed E-state index contributed by atoms with van der Waals surface area (Å²) in [5, 5.41) is 20.9. The number of ether oxygens (including phenoxy) is 2. The van der Waals surface area contributed by atoms with Gasteiger partial charge in [-0.1, -0.05) is 12.1 Å². The van der Waals surface area contributed by atoms with E-state index in [1.165, 1.54) is 38.5 Å². The average molecular weight is 354 g/mol. The number of aromatic carboxylic acids is 1. The highest BCUT2D eigenvalue weighted by Gasteiger charge is 2.19. The SMILES string of the molecule is COc1cc(OC)c2c(C(=O)O)cc(-c3cccc([N+](=O)[O-])c3)nc2c1. The number of benzene rings is 2. The number of nitro benzene ring substituents is 1. The first-order chi connectivity index (χ1) is 12.4. The Hall–Kier alpha value is -3.68. The molecule has 0 aliphatic heterocycles. The quantitative estimate of drug-likeness (QED) is 0.551. The van der Waals surface area contributed by atoms with Crippen LogP contribution in [0.5, 0.6) is 11.5 Å². The van der Waals surface area contributed by atoms with Crippen LogP contribution in [0, 0.1) is 10.1 Å². The number of nitrogens with zero attached hydrogens (tertiary/aromatic N) is 2. The monoisotopic (exact) mass is 354 g/mol. The first kappa shape index (κ1) is 17.2. The van der Waals surface area contributed by atoms with E-state index >= 15 is 0 Å². The number of carbonyl (C=O) groups is 1. The van der Waals surface area contributed by atoms with Crippen LogP contribution in [0.25, 0.3) is 22.2 Å². The lowest BCUT2D eigenvalue weighted by atomic mass is 10.0. The number of methoxy groups -OCH3 is 2. The summed E-state index contributed by atoms with van der Waals surface area (Å²) in [6.07, 6.45) is 0. The summed E-state index contributed by atoms with van der Waals surface area (Å²) >= 11 is 0. The third-order valence-corrected chi connectivity index (χ3v) is 3.88. The van der Waals surface area contributed by atoms with Crippen molar-refractivity contribution in [1.82, 2.24) is 4.98 Å². The Balaban J connectivity index is 2.33. The number of carboxylic acids is 1. The Morgan fingerprint density at radius 3 is 2.54 bits per heavy atom. The third kappa shape index (κ3) is 3.00. The average Bonchev–Trinajstić information content (AvgIpc) is 2.65. The van der Waals surface area contributed by atoms with E-state index in [2.05, 4.69) is 4.98 Å². The smallest absolute Gasteiger partial charge is 0.336 e. The van der Waals surface area contributed by atoms with Gasteiger partial charge < -0.3 is 14.6 Å². The van der Waals surface area contributed by atoms with E-state index in [-0.39, 0.29) is 11.3 Å². The first-order valence-corrected chi connectivity index (χ1v) is 7.49. The normalized spacial score (nSPS) is 10.5. The summed E-state index contributed by atoms with van der Waals surface area (Å²) in [4.78, 5) is 26.7. The summed E-state index contributed by atoms with van der Waals surface area (Å²) in [5.41, 5.74) is 0.961. The molecule has 3 rings (SSSR count). The van der Waals surface area contributed by atoms with Crippen LogP contribution in [-0.4, -0.2) is 35.2 Å². The van der Waals surface area contributed by atoms with Crippen molar-refractivity contribution >= 4 is 22.6 Å². The molecule has 8 heteroatoms. The van der Waals surface area contributed by atoms with Crippen molar-refractivity contribution in [2.75, 3.05) is 14.2 Å². The summed E-state index contributed by atoms with van der Waals surface area (Å²) in [6.45, 7) is 0. The predicted molar refractivity (Wildman–Crippen MR) is 93.9 cm³/mol. The number of non-ortho nitro benzene ring substituents is 1. The molecular formula is C18H14N2O6. The molecule has 1 heterocycles. The lowest BCUT2D eigenvalue weighted by Gasteiger charge is -2.12. The van der Waals surface area contributed by atoms with Gasteiger partial charge in [-0.2, -0.15) is 0 Å². The molecule has 3 aromatic rings. The van der Waals surface area contributed by atoms with Crippen LogP contribution >= 0.6 is 0 Å². The van der Waals surface area contributed by atoms with E-state index in [0.29, 0.717) is 33.7 Å². The summed E-state index contributed by atoms with van der Waals surface area (Å²) < 4.78 is 10.5. The molecule has 0 saturated heterocycles. The van der Waals surface area contributed by atoms with Gasteiger partial charge in [0.15, 0.2) is 0 Å². The molecule has 0 atom stereocenters. The van der Waals surface area contributed by atoms with Crippen molar-refractivity contribution in [1.29, 1.82) is 0 Å². The van der Waals surface area contributed by atoms with Gasteiger partial charge in [-0.05, 0) is 6.07 Å². The molecule has 0 aliphatic carbocycles. The van der Waals surface area contributed by atoms with Gasteiger partial charge in [-0.15, -0.1) is 0 Å². The number of rotatable bonds is 5. The Bertz CT molecular complexity index is 1030. The number of hydrogen-bond acceptors (Lipinski definition) is 6. The third-order valence-electron chi connectivity index (χ3n) is 3.88. The Morgan fingerprint density at radius 2 is 1.92 bits per heavy atom. The molecule has 0 saturated carbocycles. The molecule has 26 heavy (non-hydrogen) atoms. The van der Waals surface area contributed by atoms with E-state index in [1.807, 2.05) is 0 Å². The van der Waals surface area contributed by atoms with Crippen LogP contribution in [0.15, 0.2) is 42.5 Å². The van der Waals surface area contributed by atoms with Crippen LogP contribution in [0.2, 0.25) is 0 Å². The fourth-order valence-electron chi connectivity index (χ4n) is 2.68. The molecular weight excluding hydrogens is 340 g/mol. The molecule has 0 spiro atoms. The number of nitro groups is 1. The fraction of sp³-hybridized carbons (Fsp3) is 0.111. The van der Waals surface area contributed by atoms with E-state index in [0.717, 1.165) is 0 Å². The van der Waals surface area contributed by atoms with Crippen LogP contribution in [0.1, 0.15) is 10.4 Å². The van der Waals surface area contributed by atoms with Gasteiger partial charge in [0.2, 0.25) is 0 Å². The number of hydrogen-bond donors (Lipinski definition) is 1. The van der Waals surface area contributed by atoms with Crippen LogP contribution in [0.4, 0.5) is 5.69 Å². The summed E-state index contributed by atoms with van der Waals surface area (Å²) in [5.74, 6) is -0.392. The second kappa shape index (κ2) is 6.67. The molecule has 132 valence electrons. The summed E-state index contributed by atoms with van der Waals surface area (Å²) in [6, 6.07) is 10.4. The minimum Gasteiger partial charge on any atom is -0.497 e. The lowest BCUT2D eigenvalue weighted by Crippen LogP contribution is -2.02. The molecule has 0 bridgehead atoms. The van der Waals surface area contributed by atoms with Crippen molar-refractivity contribution in [3.63, 3.8) is 0 Å². The maximum Gasteiger partial charge on any atom is 0.336 e. The van der Waals surface area contributed by atoms with Gasteiger partial charge >= 0.3 is 5.97 Å². The van der Waals surface area contributed by atoms with Crippen molar-refractivity contribution in [3.8, 4) is 22.8 Å². The molecule has 8 nitrogen and oxygen atoms in total. The zero-order valence-corrected chi connectivity index (χ0v) is 13.9. The van der Waals surface area contributed by atoms with Crippen molar-refractivity contribution in [3.05, 3.63) is 58.1 Å². The highest BCUT2D eigenvalue weighted by Crippen LogP contribution is 2.35. The Labute approximate surface area is 147 Å². The maximum absolute atomic E-state index is 11.8. The zero-order chi connectivity index (χ0) is 18.8. The van der Waals surface area contributed by atoms with Crippen molar-refractivity contribution < 1.29 is 24.3 Å². The molecule has 0 radical (unpaired) electrons. The number of pyridine rings is 1. The van der Waals surface area contributed by atoms with Crippen molar-refractivity contribution in [2.24, 2.45) is 0 Å². The standard InChI is InChI=1S/C18H14N2O6/c1-25-12-7-15-17(16(8-12)26-2)13(18(21)22)9-14(19-15)10-4-3-5-11(6-10)20(23)24/h3-9H,1-2H3,(H,21,22). The van der Waals surface area contributed by atoms with E-state index < -0.39 is 10.9 Å². The van der Waals surface area contributed by atoms with Gasteiger partial charge in [0, 0.05) is 29.8 Å². The Kier molecular flexibility index (Phi) is 4.40. The minimum atomic E-state index is -1.16. The van der Waals surface area contributed by atoms with Gasteiger partial charge in [-0.3, -0.25) is 10.1 Å². The van der Waals surface area contributed by atoms with Crippen LogP contribution in [-0.2, 0) is 0 Å². The number of fused-ring (bicyclic) bond motifs is 1. The number of carboxylic acid groups (broad SMARTS) is 1. The first-order valence-electron chi connectivity index (χ1n) is 7.49. The second-order valence-electron chi connectivity index (χ2n) is 5.39. The summed E-state index contributed by atoms with van der Waals surface area (Å²) in [7, 11) is 2.90. The molecule has 1 N–H and O–H groups in total. The second-order valence-corrected chi connectivity index (χ2v) is 5.39. The molecule has 0 aliphatic rings. The zero-order valence-electron chi connectivity index (χ0n) is 13.9. The van der Waals surface area contributed by atoms with Crippen LogP contribution in [0.3, 0.4) is 0 Å². The van der Waals surface area contributed by atoms with Gasteiger partial charge in [0.25, 0.3) is 5.69 Å². The molecule has 1 aromatic heterocycles. The lowest BCUT2D eigenvalue weighted by molar-refractivity contribution is -0.384. The van der Waals surface area contributed by atoms with Gasteiger partial charge in [-0.25, -0.2) is 9.78 Å². The largest absolute Gasteiger partial charge is 0.497 e. The van der Waals surface area contributed by atoms with Crippen molar-refractivity contribution in [2.45, 2.75) is 0 Å². The van der Waals surface area contributed by atoms with Crippen LogP contribution < -0.4 is 9.47 Å². The molecule has 0 amide bonds. The van der Waals surface area contributed by atoms with E-state index in [1.54, 1.807) is 18.2 Å².